The van der Waals surface area contributed by atoms with Crippen LogP contribution in [-0.4, -0.2) is 53.5 Å². The average molecular weight is 603 g/mol. The van der Waals surface area contributed by atoms with Gasteiger partial charge in [-0.1, -0.05) is 54.6 Å². The fourth-order valence-electron chi connectivity index (χ4n) is 5.61. The Morgan fingerprint density at radius 1 is 0.864 bits per heavy atom. The van der Waals surface area contributed by atoms with Gasteiger partial charge in [-0.2, -0.15) is 0 Å². The first-order valence-electron chi connectivity index (χ1n) is 16.2. The molecule has 0 saturated carbocycles. The third-order valence-corrected chi connectivity index (χ3v) is 7.81. The molecule has 0 spiro atoms. The van der Waals surface area contributed by atoms with Crippen LogP contribution in [0.15, 0.2) is 72.8 Å². The predicted molar refractivity (Wildman–Crippen MR) is 181 cm³/mol. The number of hydrogen-bond acceptors (Lipinski definition) is 5. The molecule has 0 radical (unpaired) electrons. The van der Waals surface area contributed by atoms with E-state index < -0.39 is 11.7 Å². The molecule has 3 rings (SSSR count). The standard InChI is InChI=1S/C38H54N2O4/c1-28(2)40(29(3)4)25-23-34(32-14-9-8-10-15-32)35-27-31(18-21-36(35)41)13-11-12-26-43-33-19-16-30(17-20-33)22-24-39-37(42)44-38(5,6)7/h8-10,14-21,27-29,34,41H,11-13,22-26H2,1-7H3,(H,39,42). The fourth-order valence-corrected chi connectivity index (χ4v) is 5.61. The Kier molecular flexibility index (Phi) is 13.6. The first kappa shape index (κ1) is 35.0. The van der Waals surface area contributed by atoms with Crippen molar-refractivity contribution in [1.29, 1.82) is 0 Å². The number of ether oxygens (including phenoxy) is 2. The number of nitrogens with one attached hydrogen (secondary N) is 1. The summed E-state index contributed by atoms with van der Waals surface area (Å²) in [6.45, 7) is 16.7. The van der Waals surface area contributed by atoms with Gasteiger partial charge in [0.1, 0.15) is 17.1 Å². The second-order valence-electron chi connectivity index (χ2n) is 13.2. The first-order chi connectivity index (χ1) is 20.9. The number of rotatable bonds is 16. The second-order valence-corrected chi connectivity index (χ2v) is 13.2. The largest absolute Gasteiger partial charge is 0.508 e. The molecule has 0 aliphatic rings. The van der Waals surface area contributed by atoms with Crippen molar-refractivity contribution in [2.24, 2.45) is 0 Å². The SMILES string of the molecule is CC(C)N(CCC(c1ccccc1)c1cc(CCCCOc2ccc(CCNC(=O)OC(C)(C)C)cc2)ccc1O)C(C)C. The highest BCUT2D eigenvalue weighted by Crippen LogP contribution is 2.35. The number of nitrogens with zero attached hydrogens (tertiary/aromatic N) is 1. The Labute approximate surface area is 265 Å². The molecule has 0 aliphatic carbocycles. The Morgan fingerprint density at radius 3 is 2.16 bits per heavy atom. The lowest BCUT2D eigenvalue weighted by molar-refractivity contribution is 0.0528. The van der Waals surface area contributed by atoms with E-state index in [-0.39, 0.29) is 5.92 Å². The molecule has 1 atom stereocenters. The van der Waals surface area contributed by atoms with E-state index in [0.717, 1.165) is 55.5 Å². The van der Waals surface area contributed by atoms with Crippen molar-refractivity contribution in [2.45, 2.75) is 104 Å². The molecule has 2 N–H and O–H groups in total. The van der Waals surface area contributed by atoms with Crippen LogP contribution in [0.25, 0.3) is 0 Å². The average Bonchev–Trinajstić information content (AvgIpc) is 2.96. The van der Waals surface area contributed by atoms with Gasteiger partial charge in [-0.05, 0) is 122 Å². The van der Waals surface area contributed by atoms with E-state index >= 15 is 0 Å². The molecule has 0 heterocycles. The number of aromatic hydroxyl groups is 1. The third kappa shape index (κ3) is 11.9. The lowest BCUT2D eigenvalue weighted by Gasteiger charge is -2.32. The van der Waals surface area contributed by atoms with Gasteiger partial charge in [-0.15, -0.1) is 0 Å². The zero-order chi connectivity index (χ0) is 32.1. The number of carbonyl (C=O) groups is 1. The zero-order valence-corrected chi connectivity index (χ0v) is 27.9. The van der Waals surface area contributed by atoms with E-state index in [0.29, 0.717) is 31.0 Å². The topological polar surface area (TPSA) is 71.0 Å². The van der Waals surface area contributed by atoms with Gasteiger partial charge in [-0.3, -0.25) is 4.90 Å². The van der Waals surface area contributed by atoms with Gasteiger partial charge in [0, 0.05) is 30.1 Å². The van der Waals surface area contributed by atoms with Gasteiger partial charge in [0.2, 0.25) is 0 Å². The summed E-state index contributed by atoms with van der Waals surface area (Å²) < 4.78 is 11.3. The molecule has 1 unspecified atom stereocenters. The van der Waals surface area contributed by atoms with Crippen LogP contribution in [-0.2, 0) is 17.6 Å². The van der Waals surface area contributed by atoms with Crippen LogP contribution in [0, 0.1) is 0 Å². The monoisotopic (exact) mass is 602 g/mol. The van der Waals surface area contributed by atoms with E-state index in [4.69, 9.17) is 9.47 Å². The van der Waals surface area contributed by atoms with Gasteiger partial charge in [0.25, 0.3) is 0 Å². The van der Waals surface area contributed by atoms with Gasteiger partial charge < -0.3 is 19.9 Å². The Hall–Kier alpha value is -3.51. The minimum atomic E-state index is -0.495. The smallest absolute Gasteiger partial charge is 0.407 e. The van der Waals surface area contributed by atoms with Gasteiger partial charge >= 0.3 is 6.09 Å². The molecule has 0 saturated heterocycles. The summed E-state index contributed by atoms with van der Waals surface area (Å²) in [5, 5.41) is 13.8. The van der Waals surface area contributed by atoms with Crippen molar-refractivity contribution in [2.75, 3.05) is 19.7 Å². The van der Waals surface area contributed by atoms with Crippen LogP contribution >= 0.6 is 0 Å². The molecule has 0 fully saturated rings. The van der Waals surface area contributed by atoms with Crippen LogP contribution in [0.4, 0.5) is 4.79 Å². The van der Waals surface area contributed by atoms with Crippen LogP contribution < -0.4 is 10.1 Å². The van der Waals surface area contributed by atoms with Crippen LogP contribution in [0.5, 0.6) is 11.5 Å². The highest BCUT2D eigenvalue weighted by molar-refractivity contribution is 5.67. The normalized spacial score (nSPS) is 12.5. The highest BCUT2D eigenvalue weighted by Gasteiger charge is 2.22. The molecule has 44 heavy (non-hydrogen) atoms. The third-order valence-electron chi connectivity index (χ3n) is 7.81. The van der Waals surface area contributed by atoms with Crippen molar-refractivity contribution in [3.05, 3.63) is 95.1 Å². The summed E-state index contributed by atoms with van der Waals surface area (Å²) in [7, 11) is 0. The molecule has 0 aromatic heterocycles. The van der Waals surface area contributed by atoms with E-state index in [9.17, 15) is 9.90 Å². The summed E-state index contributed by atoms with van der Waals surface area (Å²) in [6, 6.07) is 25.7. The molecule has 0 aliphatic heterocycles. The minimum absolute atomic E-state index is 0.135. The molecule has 240 valence electrons. The maximum absolute atomic E-state index is 11.8. The maximum atomic E-state index is 11.8. The number of alkyl carbamates (subject to hydrolysis) is 1. The molecular formula is C38H54N2O4. The number of benzene rings is 3. The first-order valence-corrected chi connectivity index (χ1v) is 16.2. The van der Waals surface area contributed by atoms with Gasteiger partial charge in [0.05, 0.1) is 6.61 Å². The predicted octanol–water partition coefficient (Wildman–Crippen LogP) is 8.50. The quantitative estimate of drug-likeness (QED) is 0.161. The summed E-state index contributed by atoms with van der Waals surface area (Å²) in [5.74, 6) is 1.36. The number of carbonyl (C=O) groups excluding carboxylic acids is 1. The zero-order valence-electron chi connectivity index (χ0n) is 27.9. The minimum Gasteiger partial charge on any atom is -0.508 e. The van der Waals surface area contributed by atoms with Crippen molar-refractivity contribution in [1.82, 2.24) is 10.2 Å². The number of amides is 1. The van der Waals surface area contributed by atoms with Gasteiger partial charge in [0.15, 0.2) is 0 Å². The number of phenols is 1. The lowest BCUT2D eigenvalue weighted by Crippen LogP contribution is -2.38. The molecule has 0 bridgehead atoms. The lowest BCUT2D eigenvalue weighted by atomic mass is 9.86. The number of phenolic OH excluding ortho intramolecular Hbond substituents is 1. The van der Waals surface area contributed by atoms with Crippen molar-refractivity contribution in [3.63, 3.8) is 0 Å². The molecule has 3 aromatic rings. The number of aryl methyl sites for hydroxylation is 1. The van der Waals surface area contributed by atoms with E-state index in [2.05, 4.69) is 74.3 Å². The Morgan fingerprint density at radius 2 is 1.52 bits per heavy atom. The van der Waals surface area contributed by atoms with E-state index in [1.54, 1.807) is 0 Å². The van der Waals surface area contributed by atoms with Crippen molar-refractivity contribution >= 4 is 6.09 Å². The summed E-state index contributed by atoms with van der Waals surface area (Å²) in [4.78, 5) is 14.3. The van der Waals surface area contributed by atoms with Gasteiger partial charge in [-0.25, -0.2) is 4.79 Å². The van der Waals surface area contributed by atoms with Crippen LogP contribution in [0.3, 0.4) is 0 Å². The molecular weight excluding hydrogens is 548 g/mol. The molecule has 6 heteroatoms. The second kappa shape index (κ2) is 17.1. The Bertz CT molecular complexity index is 1260. The van der Waals surface area contributed by atoms with Crippen LogP contribution in [0.1, 0.15) is 95.9 Å². The van der Waals surface area contributed by atoms with E-state index in [1.165, 1.54) is 11.1 Å². The number of unbranched alkanes of at least 4 members (excludes halogenated alkanes) is 1. The highest BCUT2D eigenvalue weighted by atomic mass is 16.6. The Balaban J connectivity index is 1.50. The van der Waals surface area contributed by atoms with Crippen molar-refractivity contribution in [3.8, 4) is 11.5 Å². The van der Waals surface area contributed by atoms with E-state index in [1.807, 2.05) is 57.2 Å². The summed E-state index contributed by atoms with van der Waals surface area (Å²) in [5.41, 5.74) is 4.13. The molecule has 3 aromatic carbocycles. The summed E-state index contributed by atoms with van der Waals surface area (Å²) >= 11 is 0. The maximum Gasteiger partial charge on any atom is 0.407 e. The molecule has 1 amide bonds. The molecule has 6 nitrogen and oxygen atoms in total. The number of hydrogen-bond donors (Lipinski definition) is 2. The van der Waals surface area contributed by atoms with Crippen LogP contribution in [0.2, 0.25) is 0 Å². The summed E-state index contributed by atoms with van der Waals surface area (Å²) in [6.07, 6.45) is 4.17. The fraction of sp³-hybridized carbons (Fsp3) is 0.500. The van der Waals surface area contributed by atoms with Crippen molar-refractivity contribution < 1.29 is 19.4 Å².